The first-order valence-corrected chi connectivity index (χ1v) is 5.36. The summed E-state index contributed by atoms with van der Waals surface area (Å²) in [6, 6.07) is 8.12. The molecule has 1 saturated carbocycles. The number of benzene rings is 1. The van der Waals surface area contributed by atoms with E-state index in [1.165, 1.54) is 18.4 Å². The Morgan fingerprint density at radius 1 is 1.27 bits per heavy atom. The van der Waals surface area contributed by atoms with Gasteiger partial charge in [0.1, 0.15) is 5.75 Å². The number of ether oxygens (including phenoxy) is 1. The molecule has 1 fully saturated rings. The fourth-order valence-corrected chi connectivity index (χ4v) is 1.36. The van der Waals surface area contributed by atoms with E-state index < -0.39 is 0 Å². The average Bonchev–Trinajstić information content (AvgIpc) is 3.09. The lowest BCUT2D eigenvalue weighted by Crippen LogP contribution is -2.10. The Hall–Kier alpha value is -1.06. The van der Waals surface area contributed by atoms with E-state index in [9.17, 15) is 0 Å². The Bertz CT molecular complexity index is 293. The molecule has 1 aromatic carbocycles. The van der Waals surface area contributed by atoms with Gasteiger partial charge in [0.15, 0.2) is 0 Å². The quantitative estimate of drug-likeness (QED) is 0.725. The topological polar surface area (TPSA) is 30.5 Å². The van der Waals surface area contributed by atoms with E-state index in [2.05, 4.69) is 5.48 Å². The predicted molar refractivity (Wildman–Crippen MR) is 58.5 cm³/mol. The van der Waals surface area contributed by atoms with Crippen LogP contribution in [0.4, 0.5) is 0 Å². The summed E-state index contributed by atoms with van der Waals surface area (Å²) < 4.78 is 5.64. The second kappa shape index (κ2) is 5.14. The number of rotatable bonds is 6. The maximum atomic E-state index is 5.64. The van der Waals surface area contributed by atoms with Gasteiger partial charge in [-0.1, -0.05) is 12.1 Å². The Morgan fingerprint density at radius 3 is 2.60 bits per heavy atom. The number of hydrogen-bond donors (Lipinski definition) is 1. The molecule has 3 nitrogen and oxygen atoms in total. The van der Waals surface area contributed by atoms with Crippen molar-refractivity contribution in [2.45, 2.75) is 19.4 Å². The molecule has 0 heterocycles. The highest BCUT2D eigenvalue weighted by atomic mass is 16.6. The van der Waals surface area contributed by atoms with Gasteiger partial charge in [-0.3, -0.25) is 0 Å². The molecule has 0 aliphatic heterocycles. The second-order valence-corrected chi connectivity index (χ2v) is 3.92. The summed E-state index contributed by atoms with van der Waals surface area (Å²) in [6.45, 7) is 1.59. The van der Waals surface area contributed by atoms with E-state index in [1.807, 2.05) is 24.3 Å². The van der Waals surface area contributed by atoms with Gasteiger partial charge in [0.2, 0.25) is 0 Å². The van der Waals surface area contributed by atoms with Crippen LogP contribution in [-0.2, 0) is 11.4 Å². The number of nitrogens with one attached hydrogen (secondary N) is 1. The molecular weight excluding hydrogens is 190 g/mol. The third-order valence-electron chi connectivity index (χ3n) is 2.53. The third-order valence-corrected chi connectivity index (χ3v) is 2.53. The molecule has 0 unspecified atom stereocenters. The minimum Gasteiger partial charge on any atom is -0.493 e. The molecule has 0 bridgehead atoms. The highest BCUT2D eigenvalue weighted by Crippen LogP contribution is 2.29. The zero-order valence-electron chi connectivity index (χ0n) is 9.03. The molecule has 0 amide bonds. The van der Waals surface area contributed by atoms with Crippen molar-refractivity contribution in [1.29, 1.82) is 0 Å². The Morgan fingerprint density at radius 2 is 2.00 bits per heavy atom. The third kappa shape index (κ3) is 3.53. The van der Waals surface area contributed by atoms with Crippen molar-refractivity contribution in [3.8, 4) is 5.75 Å². The van der Waals surface area contributed by atoms with Crippen LogP contribution >= 0.6 is 0 Å². The van der Waals surface area contributed by atoms with Crippen LogP contribution in [0, 0.1) is 5.92 Å². The number of hydrogen-bond acceptors (Lipinski definition) is 3. The first-order chi connectivity index (χ1) is 7.38. The normalized spacial score (nSPS) is 15.3. The van der Waals surface area contributed by atoms with Crippen molar-refractivity contribution in [1.82, 2.24) is 5.48 Å². The summed E-state index contributed by atoms with van der Waals surface area (Å²) in [5, 5.41) is 0. The SMILES string of the molecule is CONCc1ccc(OCC2CC2)cc1. The van der Waals surface area contributed by atoms with E-state index in [1.54, 1.807) is 7.11 Å². The van der Waals surface area contributed by atoms with Crippen molar-refractivity contribution in [2.75, 3.05) is 13.7 Å². The molecule has 0 atom stereocenters. The molecule has 1 aromatic rings. The van der Waals surface area contributed by atoms with Crippen LogP contribution in [-0.4, -0.2) is 13.7 Å². The Balaban J connectivity index is 1.79. The van der Waals surface area contributed by atoms with Crippen LogP contribution in [0.15, 0.2) is 24.3 Å². The van der Waals surface area contributed by atoms with Gasteiger partial charge in [-0.2, -0.15) is 5.48 Å². The standard InChI is InChI=1S/C12H17NO2/c1-14-13-8-10-4-6-12(7-5-10)15-9-11-2-3-11/h4-7,11,13H,2-3,8-9H2,1H3. The van der Waals surface area contributed by atoms with Gasteiger partial charge in [-0.25, -0.2) is 0 Å². The molecule has 82 valence electrons. The largest absolute Gasteiger partial charge is 0.493 e. The summed E-state index contributed by atoms with van der Waals surface area (Å²) in [6.07, 6.45) is 2.66. The van der Waals surface area contributed by atoms with Crippen LogP contribution in [0.5, 0.6) is 5.75 Å². The Kier molecular flexibility index (Phi) is 3.59. The van der Waals surface area contributed by atoms with Crippen molar-refractivity contribution >= 4 is 0 Å². The van der Waals surface area contributed by atoms with Crippen molar-refractivity contribution in [2.24, 2.45) is 5.92 Å². The zero-order valence-corrected chi connectivity index (χ0v) is 9.03. The van der Waals surface area contributed by atoms with E-state index in [0.717, 1.165) is 24.8 Å². The van der Waals surface area contributed by atoms with Crippen LogP contribution in [0.3, 0.4) is 0 Å². The minimum absolute atomic E-state index is 0.722. The molecule has 0 saturated heterocycles. The molecule has 1 aliphatic carbocycles. The van der Waals surface area contributed by atoms with Gasteiger partial charge < -0.3 is 9.57 Å². The monoisotopic (exact) mass is 207 g/mol. The lowest BCUT2D eigenvalue weighted by molar-refractivity contribution is 0.0867. The number of hydroxylamine groups is 1. The molecule has 15 heavy (non-hydrogen) atoms. The molecule has 1 aliphatic rings. The maximum Gasteiger partial charge on any atom is 0.119 e. The predicted octanol–water partition coefficient (Wildman–Crippen LogP) is 2.13. The molecule has 0 spiro atoms. The average molecular weight is 207 g/mol. The van der Waals surface area contributed by atoms with Crippen molar-refractivity contribution < 1.29 is 9.57 Å². The summed E-state index contributed by atoms with van der Waals surface area (Å²) in [7, 11) is 1.62. The zero-order chi connectivity index (χ0) is 10.5. The van der Waals surface area contributed by atoms with Gasteiger partial charge in [0, 0.05) is 6.54 Å². The molecule has 1 N–H and O–H groups in total. The molecule has 0 radical (unpaired) electrons. The van der Waals surface area contributed by atoms with Gasteiger partial charge in [-0.05, 0) is 36.5 Å². The molecule has 2 rings (SSSR count). The minimum atomic E-state index is 0.722. The first-order valence-electron chi connectivity index (χ1n) is 5.36. The molecule has 0 aromatic heterocycles. The fraction of sp³-hybridized carbons (Fsp3) is 0.500. The van der Waals surface area contributed by atoms with E-state index in [-0.39, 0.29) is 0 Å². The first kappa shape index (κ1) is 10.5. The van der Waals surface area contributed by atoms with E-state index in [0.29, 0.717) is 0 Å². The van der Waals surface area contributed by atoms with Crippen LogP contribution in [0.2, 0.25) is 0 Å². The highest BCUT2D eigenvalue weighted by Gasteiger charge is 2.21. The van der Waals surface area contributed by atoms with Crippen LogP contribution in [0.1, 0.15) is 18.4 Å². The second-order valence-electron chi connectivity index (χ2n) is 3.92. The van der Waals surface area contributed by atoms with Gasteiger partial charge in [-0.15, -0.1) is 0 Å². The van der Waals surface area contributed by atoms with Crippen LogP contribution < -0.4 is 10.2 Å². The fourth-order valence-electron chi connectivity index (χ4n) is 1.36. The highest BCUT2D eigenvalue weighted by molar-refractivity contribution is 5.27. The summed E-state index contributed by atoms with van der Waals surface area (Å²) in [5.41, 5.74) is 3.99. The summed E-state index contributed by atoms with van der Waals surface area (Å²) in [5.74, 6) is 1.77. The van der Waals surface area contributed by atoms with E-state index in [4.69, 9.17) is 9.57 Å². The van der Waals surface area contributed by atoms with Crippen molar-refractivity contribution in [3.63, 3.8) is 0 Å². The Labute approximate surface area is 90.3 Å². The van der Waals surface area contributed by atoms with Crippen LogP contribution in [0.25, 0.3) is 0 Å². The molecular formula is C12H17NO2. The summed E-state index contributed by atoms with van der Waals surface area (Å²) >= 11 is 0. The summed E-state index contributed by atoms with van der Waals surface area (Å²) in [4.78, 5) is 4.78. The maximum absolute atomic E-state index is 5.64. The van der Waals surface area contributed by atoms with Crippen molar-refractivity contribution in [3.05, 3.63) is 29.8 Å². The van der Waals surface area contributed by atoms with Gasteiger partial charge >= 0.3 is 0 Å². The molecule has 3 heteroatoms. The van der Waals surface area contributed by atoms with Gasteiger partial charge in [0.05, 0.1) is 13.7 Å². The smallest absolute Gasteiger partial charge is 0.119 e. The lowest BCUT2D eigenvalue weighted by Gasteiger charge is -2.06. The lowest BCUT2D eigenvalue weighted by atomic mass is 10.2. The van der Waals surface area contributed by atoms with E-state index >= 15 is 0 Å². The van der Waals surface area contributed by atoms with Gasteiger partial charge in [0.25, 0.3) is 0 Å².